The molecule has 0 atom stereocenters. The Balaban J connectivity index is 2.31. The first kappa shape index (κ1) is 15.7. The Morgan fingerprint density at radius 2 is 2.05 bits per heavy atom. The van der Waals surface area contributed by atoms with Crippen molar-refractivity contribution in [2.45, 2.75) is 40.0 Å². The van der Waals surface area contributed by atoms with Crippen molar-refractivity contribution in [3.63, 3.8) is 0 Å². The van der Waals surface area contributed by atoms with Crippen molar-refractivity contribution in [1.82, 2.24) is 5.32 Å². The maximum Gasteiger partial charge on any atom is 0.253 e. The number of benzene rings is 1. The van der Waals surface area contributed by atoms with E-state index in [1.165, 1.54) is 19.3 Å². The van der Waals surface area contributed by atoms with Gasteiger partial charge in [0.2, 0.25) is 0 Å². The van der Waals surface area contributed by atoms with Gasteiger partial charge in [-0.05, 0) is 49.8 Å². The second kappa shape index (κ2) is 6.37. The summed E-state index contributed by atoms with van der Waals surface area (Å²) in [4.78, 5) is 14.6. The first-order valence-electron chi connectivity index (χ1n) is 7.98. The smallest absolute Gasteiger partial charge is 0.253 e. The van der Waals surface area contributed by atoms with Gasteiger partial charge in [0.15, 0.2) is 0 Å². The van der Waals surface area contributed by atoms with Gasteiger partial charge in [0.1, 0.15) is 0 Å². The molecule has 4 nitrogen and oxygen atoms in total. The number of nitrogens with two attached hydrogens (primary N) is 1. The van der Waals surface area contributed by atoms with Crippen LogP contribution in [0.3, 0.4) is 0 Å². The molecular weight excluding hydrogens is 262 g/mol. The maximum absolute atomic E-state index is 12.3. The largest absolute Gasteiger partial charge is 0.399 e. The van der Waals surface area contributed by atoms with Gasteiger partial charge in [-0.25, -0.2) is 0 Å². The van der Waals surface area contributed by atoms with Crippen LogP contribution in [0.4, 0.5) is 11.4 Å². The van der Waals surface area contributed by atoms with Crippen LogP contribution in [0.15, 0.2) is 18.2 Å². The van der Waals surface area contributed by atoms with Crippen molar-refractivity contribution in [3.05, 3.63) is 23.8 Å². The number of carbonyl (C=O) groups excluding carboxylic acids is 1. The second-order valence-corrected chi connectivity index (χ2v) is 6.01. The highest BCUT2D eigenvalue weighted by Crippen LogP contribution is 2.40. The lowest BCUT2D eigenvalue weighted by molar-refractivity contribution is 0.0956. The average molecular weight is 289 g/mol. The molecule has 1 aromatic carbocycles. The molecule has 1 aliphatic heterocycles. The molecule has 0 aromatic heterocycles. The maximum atomic E-state index is 12.3. The van der Waals surface area contributed by atoms with E-state index in [1.807, 2.05) is 19.1 Å². The zero-order chi connectivity index (χ0) is 15.5. The van der Waals surface area contributed by atoms with Gasteiger partial charge in [-0.15, -0.1) is 0 Å². The minimum absolute atomic E-state index is 0.0157. The van der Waals surface area contributed by atoms with Crippen LogP contribution in [0.5, 0.6) is 0 Å². The summed E-state index contributed by atoms with van der Waals surface area (Å²) in [5.41, 5.74) is 8.74. The molecule has 1 aliphatic rings. The zero-order valence-corrected chi connectivity index (χ0v) is 13.4. The van der Waals surface area contributed by atoms with Crippen LogP contribution >= 0.6 is 0 Å². The molecule has 1 saturated heterocycles. The van der Waals surface area contributed by atoms with Crippen LogP contribution < -0.4 is 16.0 Å². The summed E-state index contributed by atoms with van der Waals surface area (Å²) in [7, 11) is 0. The lowest BCUT2D eigenvalue weighted by Gasteiger charge is -2.28. The fourth-order valence-electron chi connectivity index (χ4n) is 3.23. The van der Waals surface area contributed by atoms with Crippen LogP contribution in [0.2, 0.25) is 0 Å². The van der Waals surface area contributed by atoms with Crippen molar-refractivity contribution < 1.29 is 4.79 Å². The van der Waals surface area contributed by atoms with E-state index in [9.17, 15) is 4.79 Å². The molecule has 1 fully saturated rings. The molecule has 3 N–H and O–H groups in total. The van der Waals surface area contributed by atoms with E-state index in [-0.39, 0.29) is 5.91 Å². The highest BCUT2D eigenvalue weighted by atomic mass is 16.1. The number of nitrogen functional groups attached to an aromatic ring is 1. The highest BCUT2D eigenvalue weighted by Gasteiger charge is 2.36. The summed E-state index contributed by atoms with van der Waals surface area (Å²) < 4.78 is 0. The molecule has 0 aliphatic carbocycles. The number of hydrogen-bond acceptors (Lipinski definition) is 3. The Morgan fingerprint density at radius 1 is 1.33 bits per heavy atom. The zero-order valence-electron chi connectivity index (χ0n) is 13.4. The Labute approximate surface area is 127 Å². The number of amides is 1. The summed E-state index contributed by atoms with van der Waals surface area (Å²) >= 11 is 0. The summed E-state index contributed by atoms with van der Waals surface area (Å²) in [5, 5.41) is 2.89. The van der Waals surface area contributed by atoms with E-state index >= 15 is 0 Å². The molecule has 116 valence electrons. The Kier molecular flexibility index (Phi) is 4.76. The second-order valence-electron chi connectivity index (χ2n) is 6.01. The normalized spacial score (nSPS) is 17.0. The summed E-state index contributed by atoms with van der Waals surface area (Å²) in [5.74, 6) is -0.0157. The van der Waals surface area contributed by atoms with E-state index in [0.717, 1.165) is 24.3 Å². The minimum atomic E-state index is -0.0157. The molecule has 0 radical (unpaired) electrons. The van der Waals surface area contributed by atoms with Crippen molar-refractivity contribution >= 4 is 17.3 Å². The van der Waals surface area contributed by atoms with Gasteiger partial charge in [0.25, 0.3) is 5.91 Å². The predicted molar refractivity (Wildman–Crippen MR) is 88.7 cm³/mol. The van der Waals surface area contributed by atoms with Crippen LogP contribution in [-0.4, -0.2) is 25.5 Å². The Hall–Kier alpha value is -1.71. The van der Waals surface area contributed by atoms with E-state index in [1.54, 1.807) is 6.07 Å². The number of carbonyl (C=O) groups is 1. The van der Waals surface area contributed by atoms with Crippen molar-refractivity contribution in [1.29, 1.82) is 0 Å². The third-order valence-corrected chi connectivity index (χ3v) is 4.88. The summed E-state index contributed by atoms with van der Waals surface area (Å²) in [6, 6.07) is 5.58. The third-order valence-electron chi connectivity index (χ3n) is 4.88. The van der Waals surface area contributed by atoms with Crippen LogP contribution in [0.25, 0.3) is 0 Å². The molecule has 1 heterocycles. The van der Waals surface area contributed by atoms with Gasteiger partial charge in [0.05, 0.1) is 11.3 Å². The monoisotopic (exact) mass is 289 g/mol. The molecule has 0 saturated carbocycles. The Morgan fingerprint density at radius 3 is 2.62 bits per heavy atom. The topological polar surface area (TPSA) is 58.4 Å². The standard InChI is InChI=1S/C17H27N3O/c1-4-17(5-2)9-10-20(12-17)15-11-13(18)7-8-14(15)16(21)19-6-3/h7-8,11H,4-6,9-10,12,18H2,1-3H3,(H,19,21). The van der Waals surface area contributed by atoms with Gasteiger partial charge in [-0.2, -0.15) is 0 Å². The van der Waals surface area contributed by atoms with Crippen molar-refractivity contribution in [3.8, 4) is 0 Å². The van der Waals surface area contributed by atoms with E-state index in [0.29, 0.717) is 17.6 Å². The summed E-state index contributed by atoms with van der Waals surface area (Å²) in [6.45, 7) is 9.10. The molecule has 4 heteroatoms. The van der Waals surface area contributed by atoms with E-state index in [4.69, 9.17) is 5.73 Å². The quantitative estimate of drug-likeness (QED) is 0.819. The fourth-order valence-corrected chi connectivity index (χ4v) is 3.23. The van der Waals surface area contributed by atoms with E-state index < -0.39 is 0 Å². The lowest BCUT2D eigenvalue weighted by atomic mass is 9.82. The number of hydrogen-bond donors (Lipinski definition) is 2. The molecule has 1 aromatic rings. The summed E-state index contributed by atoms with van der Waals surface area (Å²) in [6.07, 6.45) is 3.54. The van der Waals surface area contributed by atoms with Gasteiger partial charge < -0.3 is 16.0 Å². The van der Waals surface area contributed by atoms with Crippen LogP contribution in [0, 0.1) is 5.41 Å². The van der Waals surface area contributed by atoms with Gasteiger partial charge in [-0.3, -0.25) is 4.79 Å². The predicted octanol–water partition coefficient (Wildman–Crippen LogP) is 3.04. The third kappa shape index (κ3) is 3.14. The van der Waals surface area contributed by atoms with Crippen LogP contribution in [0.1, 0.15) is 50.4 Å². The minimum Gasteiger partial charge on any atom is -0.399 e. The fraction of sp³-hybridized carbons (Fsp3) is 0.588. The number of anilines is 2. The number of rotatable bonds is 5. The Bertz CT molecular complexity index is 509. The lowest BCUT2D eigenvalue weighted by Crippen LogP contribution is -2.30. The van der Waals surface area contributed by atoms with Gasteiger partial charge in [0, 0.05) is 25.3 Å². The molecule has 2 rings (SSSR count). The molecule has 0 spiro atoms. The molecule has 0 unspecified atom stereocenters. The highest BCUT2D eigenvalue weighted by molar-refractivity contribution is 6.00. The van der Waals surface area contributed by atoms with Crippen molar-refractivity contribution in [2.75, 3.05) is 30.3 Å². The SMILES string of the molecule is CCNC(=O)c1ccc(N)cc1N1CCC(CC)(CC)C1. The molecule has 1 amide bonds. The van der Waals surface area contributed by atoms with Gasteiger partial charge in [-0.1, -0.05) is 13.8 Å². The first-order chi connectivity index (χ1) is 10.0. The molecular formula is C17H27N3O. The number of nitrogens with one attached hydrogen (secondary N) is 1. The van der Waals surface area contributed by atoms with Crippen molar-refractivity contribution in [2.24, 2.45) is 5.41 Å². The average Bonchev–Trinajstić information content (AvgIpc) is 2.92. The number of nitrogens with zero attached hydrogens (tertiary/aromatic N) is 1. The molecule has 21 heavy (non-hydrogen) atoms. The van der Waals surface area contributed by atoms with Crippen LogP contribution in [-0.2, 0) is 0 Å². The first-order valence-corrected chi connectivity index (χ1v) is 7.98. The van der Waals surface area contributed by atoms with E-state index in [2.05, 4.69) is 24.1 Å². The van der Waals surface area contributed by atoms with Gasteiger partial charge >= 0.3 is 0 Å². The molecule has 0 bridgehead atoms.